The summed E-state index contributed by atoms with van der Waals surface area (Å²) in [6, 6.07) is -4.52. The van der Waals surface area contributed by atoms with Crippen LogP contribution in [-0.4, -0.2) is 75.7 Å². The van der Waals surface area contributed by atoms with Gasteiger partial charge in [-0.1, -0.05) is 13.8 Å². The van der Waals surface area contributed by atoms with Crippen molar-refractivity contribution in [2.24, 2.45) is 11.7 Å². The Morgan fingerprint density at radius 3 is 1.90 bits per heavy atom. The van der Waals surface area contributed by atoms with Crippen molar-refractivity contribution in [3.63, 3.8) is 0 Å². The summed E-state index contributed by atoms with van der Waals surface area (Å²) in [6.07, 6.45) is -0.972. The highest BCUT2D eigenvalue weighted by molar-refractivity contribution is 7.80. The smallest absolute Gasteiger partial charge is 0.326 e. The zero-order valence-corrected chi connectivity index (χ0v) is 18.6. The molecule has 29 heavy (non-hydrogen) atoms. The molecule has 0 heterocycles. The summed E-state index contributed by atoms with van der Waals surface area (Å²) in [4.78, 5) is 48.4. The molecule has 0 spiro atoms. The van der Waals surface area contributed by atoms with Gasteiger partial charge in [-0.25, -0.2) is 4.79 Å². The van der Waals surface area contributed by atoms with Gasteiger partial charge in [0.1, 0.15) is 18.1 Å². The topological polar surface area (TPSA) is 171 Å². The highest BCUT2D eigenvalue weighted by atomic mass is 32.1. The van der Waals surface area contributed by atoms with Gasteiger partial charge in [0, 0.05) is 5.75 Å². The summed E-state index contributed by atoms with van der Waals surface area (Å²) in [7, 11) is 0. The minimum absolute atomic E-state index is 0.0314. The highest BCUT2D eigenvalue weighted by Crippen LogP contribution is 2.07. The number of carbonyl (C=O) groups excluding carboxylic acids is 3. The molecule has 0 radical (unpaired) electrons. The van der Waals surface area contributed by atoms with Gasteiger partial charge >= 0.3 is 5.97 Å². The lowest BCUT2D eigenvalue weighted by Crippen LogP contribution is -2.60. The van der Waals surface area contributed by atoms with Gasteiger partial charge in [-0.3, -0.25) is 14.4 Å². The SMILES string of the molecule is CC(C)C[C@H](NC(=O)[C@@H](N)CS)C(=O)N[C@H](C(=O)N[C@H](CCS)C(=O)O)[C@@H](C)O. The van der Waals surface area contributed by atoms with Gasteiger partial charge in [0.2, 0.25) is 17.7 Å². The van der Waals surface area contributed by atoms with Crippen LogP contribution in [-0.2, 0) is 19.2 Å². The molecule has 0 aromatic rings. The monoisotopic (exact) mass is 452 g/mol. The Morgan fingerprint density at radius 2 is 1.48 bits per heavy atom. The van der Waals surface area contributed by atoms with E-state index in [2.05, 4.69) is 41.2 Å². The van der Waals surface area contributed by atoms with Crippen LogP contribution >= 0.6 is 25.3 Å². The predicted molar refractivity (Wildman–Crippen MR) is 115 cm³/mol. The average molecular weight is 453 g/mol. The Labute approximate surface area is 181 Å². The lowest BCUT2D eigenvalue weighted by atomic mass is 10.0. The van der Waals surface area contributed by atoms with Gasteiger partial charge < -0.3 is 31.9 Å². The number of nitrogens with one attached hydrogen (secondary N) is 3. The Bertz CT molecular complexity index is 576. The minimum atomic E-state index is -1.41. The van der Waals surface area contributed by atoms with Crippen LogP contribution in [0.15, 0.2) is 0 Å². The number of thiol groups is 2. The third-order valence-corrected chi connectivity index (χ3v) is 4.62. The largest absolute Gasteiger partial charge is 0.480 e. The number of hydrogen-bond donors (Lipinski definition) is 8. The number of aliphatic hydroxyl groups is 1. The average Bonchev–Trinajstić information content (AvgIpc) is 2.63. The minimum Gasteiger partial charge on any atom is -0.480 e. The summed E-state index contributed by atoms with van der Waals surface area (Å²) in [5, 5.41) is 26.3. The predicted octanol–water partition coefficient (Wildman–Crippen LogP) is -1.47. The normalized spacial score (nSPS) is 16.3. The molecule has 10 nitrogen and oxygen atoms in total. The molecule has 0 aromatic carbocycles. The first-order valence-corrected chi connectivity index (χ1v) is 10.5. The number of rotatable bonds is 13. The van der Waals surface area contributed by atoms with Crippen molar-refractivity contribution < 1.29 is 29.4 Å². The van der Waals surface area contributed by atoms with Crippen LogP contribution in [0.1, 0.15) is 33.6 Å². The molecule has 12 heteroatoms. The summed E-state index contributed by atoms with van der Waals surface area (Å²) < 4.78 is 0. The Kier molecular flexibility index (Phi) is 13.0. The highest BCUT2D eigenvalue weighted by Gasteiger charge is 2.32. The molecule has 0 fully saturated rings. The number of carboxylic acids is 1. The number of aliphatic carboxylic acids is 1. The van der Waals surface area contributed by atoms with Gasteiger partial charge in [0.05, 0.1) is 12.1 Å². The first-order chi connectivity index (χ1) is 13.4. The zero-order chi connectivity index (χ0) is 22.7. The fraction of sp³-hybridized carbons (Fsp3) is 0.765. The molecule has 5 atom stereocenters. The number of carbonyl (C=O) groups is 4. The first-order valence-electron chi connectivity index (χ1n) is 9.23. The second-order valence-electron chi connectivity index (χ2n) is 7.12. The van der Waals surface area contributed by atoms with Gasteiger partial charge in [-0.2, -0.15) is 25.3 Å². The summed E-state index contributed by atoms with van der Waals surface area (Å²) >= 11 is 7.90. The molecular formula is C17H32N4O6S2. The van der Waals surface area contributed by atoms with Crippen molar-refractivity contribution in [2.75, 3.05) is 11.5 Å². The Hall–Kier alpha value is -1.50. The van der Waals surface area contributed by atoms with Gasteiger partial charge in [-0.05, 0) is 31.4 Å². The fourth-order valence-electron chi connectivity index (χ4n) is 2.37. The molecule has 0 saturated carbocycles. The van der Waals surface area contributed by atoms with E-state index in [9.17, 15) is 24.3 Å². The molecule has 0 aliphatic heterocycles. The van der Waals surface area contributed by atoms with E-state index < -0.39 is 54.0 Å². The van der Waals surface area contributed by atoms with Crippen LogP contribution in [0.3, 0.4) is 0 Å². The number of amides is 3. The molecule has 0 aromatic heterocycles. The van der Waals surface area contributed by atoms with E-state index in [0.717, 1.165) is 0 Å². The van der Waals surface area contributed by atoms with Crippen molar-refractivity contribution in [1.82, 2.24) is 16.0 Å². The van der Waals surface area contributed by atoms with Crippen molar-refractivity contribution in [3.8, 4) is 0 Å². The molecule has 0 saturated heterocycles. The van der Waals surface area contributed by atoms with Crippen molar-refractivity contribution in [1.29, 1.82) is 0 Å². The van der Waals surface area contributed by atoms with Gasteiger partial charge in [-0.15, -0.1) is 0 Å². The van der Waals surface area contributed by atoms with Crippen LogP contribution in [0.4, 0.5) is 0 Å². The number of carboxylic acid groups (broad SMARTS) is 1. The summed E-state index contributed by atoms with van der Waals surface area (Å²) in [6.45, 7) is 4.98. The zero-order valence-electron chi connectivity index (χ0n) is 16.8. The van der Waals surface area contributed by atoms with Crippen LogP contribution in [0.5, 0.6) is 0 Å². The van der Waals surface area contributed by atoms with E-state index >= 15 is 0 Å². The standard InChI is InChI=1S/C17H32N4O6S2/c1-8(2)6-12(20-14(23)10(18)7-29)15(24)21-13(9(3)22)16(25)19-11(4-5-28)17(26)27/h8-13,22,28-29H,4-7,18H2,1-3H3,(H,19,25)(H,20,23)(H,21,24)(H,26,27)/t9-,10+,11-,12+,13+/m1/s1. The fourth-order valence-corrected chi connectivity index (χ4v) is 2.80. The lowest BCUT2D eigenvalue weighted by Gasteiger charge is -2.27. The maximum atomic E-state index is 12.7. The summed E-state index contributed by atoms with van der Waals surface area (Å²) in [5.74, 6) is -3.04. The maximum Gasteiger partial charge on any atom is 0.326 e. The third kappa shape index (κ3) is 10.2. The van der Waals surface area contributed by atoms with Crippen LogP contribution in [0.2, 0.25) is 0 Å². The number of aliphatic hydroxyl groups excluding tert-OH is 1. The molecule has 0 aliphatic rings. The van der Waals surface area contributed by atoms with E-state index in [0.29, 0.717) is 0 Å². The third-order valence-electron chi connectivity index (χ3n) is 3.97. The Balaban J connectivity index is 5.33. The Morgan fingerprint density at radius 1 is 0.931 bits per heavy atom. The molecule has 0 unspecified atom stereocenters. The second kappa shape index (κ2) is 13.7. The maximum absolute atomic E-state index is 12.7. The van der Waals surface area contributed by atoms with Crippen molar-refractivity contribution >= 4 is 48.9 Å². The molecule has 168 valence electrons. The van der Waals surface area contributed by atoms with Gasteiger partial charge in [0.15, 0.2) is 0 Å². The van der Waals surface area contributed by atoms with E-state index in [1.165, 1.54) is 6.92 Å². The van der Waals surface area contributed by atoms with Gasteiger partial charge in [0.25, 0.3) is 0 Å². The van der Waals surface area contributed by atoms with Crippen LogP contribution in [0, 0.1) is 5.92 Å². The van der Waals surface area contributed by atoms with E-state index in [-0.39, 0.29) is 30.3 Å². The van der Waals surface area contributed by atoms with Crippen LogP contribution in [0.25, 0.3) is 0 Å². The molecule has 0 rings (SSSR count). The van der Waals surface area contributed by atoms with Crippen molar-refractivity contribution in [2.45, 2.75) is 63.9 Å². The van der Waals surface area contributed by atoms with E-state index in [1.54, 1.807) is 0 Å². The second-order valence-corrected chi connectivity index (χ2v) is 7.93. The van der Waals surface area contributed by atoms with Crippen molar-refractivity contribution in [3.05, 3.63) is 0 Å². The number of nitrogens with two attached hydrogens (primary N) is 1. The first kappa shape index (κ1) is 27.5. The quantitative estimate of drug-likeness (QED) is 0.158. The van der Waals surface area contributed by atoms with Crippen LogP contribution < -0.4 is 21.7 Å². The molecule has 3 amide bonds. The van der Waals surface area contributed by atoms with E-state index in [4.69, 9.17) is 10.8 Å². The summed E-state index contributed by atoms with van der Waals surface area (Å²) in [5.41, 5.74) is 5.62. The van der Waals surface area contributed by atoms with E-state index in [1.807, 2.05) is 13.8 Å². The lowest BCUT2D eigenvalue weighted by molar-refractivity contribution is -0.143. The number of hydrogen-bond acceptors (Lipinski definition) is 8. The molecule has 0 aliphatic carbocycles. The molecule has 7 N–H and O–H groups in total. The molecular weight excluding hydrogens is 420 g/mol. The molecule has 0 bridgehead atoms.